The molecule has 0 spiro atoms. The summed E-state index contributed by atoms with van der Waals surface area (Å²) in [5, 5.41) is 8.81. The quantitative estimate of drug-likeness (QED) is 0.664. The molecule has 0 atom stereocenters. The highest BCUT2D eigenvalue weighted by Crippen LogP contribution is 2.28. The molecule has 0 aliphatic rings. The SMILES string of the molecule is O=C(O)c1cc(S(=O)(=O)Nc2cccc3nsnc23)c(F)c(F)c1F. The van der Waals surface area contributed by atoms with Crippen molar-refractivity contribution in [3.63, 3.8) is 0 Å². The number of aromatic carboxylic acids is 1. The summed E-state index contributed by atoms with van der Waals surface area (Å²) < 4.78 is 75.4. The minimum absolute atomic E-state index is 0.0766. The smallest absolute Gasteiger partial charge is 0.338 e. The third-order valence-electron chi connectivity index (χ3n) is 3.16. The van der Waals surface area contributed by atoms with Crippen LogP contribution >= 0.6 is 11.7 Å². The van der Waals surface area contributed by atoms with Crippen molar-refractivity contribution in [2.24, 2.45) is 0 Å². The van der Waals surface area contributed by atoms with Gasteiger partial charge < -0.3 is 5.11 Å². The largest absolute Gasteiger partial charge is 0.478 e. The average molecular weight is 389 g/mol. The lowest BCUT2D eigenvalue weighted by atomic mass is 10.2. The second-order valence-electron chi connectivity index (χ2n) is 4.71. The van der Waals surface area contributed by atoms with E-state index in [0.29, 0.717) is 5.52 Å². The van der Waals surface area contributed by atoms with Crippen molar-refractivity contribution in [3.05, 3.63) is 47.3 Å². The Balaban J connectivity index is 2.15. The van der Waals surface area contributed by atoms with Crippen molar-refractivity contribution in [1.82, 2.24) is 8.75 Å². The summed E-state index contributed by atoms with van der Waals surface area (Å²) >= 11 is 0.807. The number of nitrogens with one attached hydrogen (secondary N) is 1. The molecule has 3 rings (SSSR count). The first-order valence-corrected chi connectivity index (χ1v) is 8.58. The number of halogens is 3. The summed E-state index contributed by atoms with van der Waals surface area (Å²) in [5.74, 6) is -8.17. The Morgan fingerprint density at radius 3 is 2.52 bits per heavy atom. The van der Waals surface area contributed by atoms with Crippen LogP contribution in [0.3, 0.4) is 0 Å². The highest BCUT2D eigenvalue weighted by molar-refractivity contribution is 7.92. The van der Waals surface area contributed by atoms with Gasteiger partial charge in [-0.2, -0.15) is 8.75 Å². The molecular formula is C13H6F3N3O4S2. The van der Waals surface area contributed by atoms with Gasteiger partial charge in [-0.3, -0.25) is 4.72 Å². The lowest BCUT2D eigenvalue weighted by molar-refractivity contribution is 0.0690. The van der Waals surface area contributed by atoms with E-state index in [1.165, 1.54) is 12.1 Å². The molecule has 2 N–H and O–H groups in total. The Bertz CT molecular complexity index is 1120. The first-order valence-electron chi connectivity index (χ1n) is 6.37. The number of anilines is 1. The number of rotatable bonds is 4. The maximum Gasteiger partial charge on any atom is 0.338 e. The third kappa shape index (κ3) is 2.89. The number of fused-ring (bicyclic) bond motifs is 1. The van der Waals surface area contributed by atoms with Gasteiger partial charge >= 0.3 is 5.97 Å². The maximum atomic E-state index is 13.9. The van der Waals surface area contributed by atoms with Crippen LogP contribution in [-0.4, -0.2) is 28.2 Å². The van der Waals surface area contributed by atoms with E-state index in [4.69, 9.17) is 5.11 Å². The number of aromatic nitrogens is 2. The number of carboxylic acids is 1. The molecule has 25 heavy (non-hydrogen) atoms. The summed E-state index contributed by atoms with van der Waals surface area (Å²) in [5.41, 5.74) is -0.861. The molecule has 0 saturated heterocycles. The minimum Gasteiger partial charge on any atom is -0.478 e. The first-order chi connectivity index (χ1) is 11.7. The maximum absolute atomic E-state index is 13.9. The number of hydrogen-bond donors (Lipinski definition) is 2. The molecule has 130 valence electrons. The van der Waals surface area contributed by atoms with Crippen LogP contribution in [0.15, 0.2) is 29.2 Å². The summed E-state index contributed by atoms with van der Waals surface area (Å²) in [6.45, 7) is 0. The molecule has 2 aromatic carbocycles. The van der Waals surface area contributed by atoms with Gasteiger partial charge in [0, 0.05) is 0 Å². The van der Waals surface area contributed by atoms with E-state index < -0.39 is 43.9 Å². The van der Waals surface area contributed by atoms with Gasteiger partial charge in [0.2, 0.25) is 0 Å². The van der Waals surface area contributed by atoms with E-state index in [1.807, 2.05) is 4.72 Å². The van der Waals surface area contributed by atoms with E-state index in [2.05, 4.69) is 8.75 Å². The van der Waals surface area contributed by atoms with Gasteiger partial charge in [0.25, 0.3) is 10.0 Å². The molecule has 0 radical (unpaired) electrons. The molecule has 12 heteroatoms. The number of carboxylic acid groups (broad SMARTS) is 1. The second-order valence-corrected chi connectivity index (χ2v) is 6.89. The Kier molecular flexibility index (Phi) is 4.08. The van der Waals surface area contributed by atoms with Gasteiger partial charge in [0.1, 0.15) is 15.9 Å². The predicted molar refractivity (Wildman–Crippen MR) is 81.5 cm³/mol. The normalized spacial score (nSPS) is 11.6. The van der Waals surface area contributed by atoms with Crippen LogP contribution in [0.5, 0.6) is 0 Å². The zero-order valence-electron chi connectivity index (χ0n) is 11.8. The van der Waals surface area contributed by atoms with Crippen LogP contribution in [0.25, 0.3) is 11.0 Å². The number of hydrogen-bond acceptors (Lipinski definition) is 6. The van der Waals surface area contributed by atoms with Gasteiger partial charge in [-0.15, -0.1) is 0 Å². The topological polar surface area (TPSA) is 109 Å². The number of sulfonamides is 1. The Hall–Kier alpha value is -2.73. The van der Waals surface area contributed by atoms with Crippen LogP contribution in [-0.2, 0) is 10.0 Å². The van der Waals surface area contributed by atoms with Crippen molar-refractivity contribution >= 4 is 44.4 Å². The zero-order chi connectivity index (χ0) is 18.4. The molecule has 0 unspecified atom stereocenters. The van der Waals surface area contributed by atoms with Crippen molar-refractivity contribution < 1.29 is 31.5 Å². The molecule has 1 heterocycles. The van der Waals surface area contributed by atoms with Crippen LogP contribution in [0, 0.1) is 17.5 Å². The highest BCUT2D eigenvalue weighted by Gasteiger charge is 2.29. The lowest BCUT2D eigenvalue weighted by Gasteiger charge is -2.11. The van der Waals surface area contributed by atoms with Gasteiger partial charge in [-0.05, 0) is 18.2 Å². The number of benzene rings is 2. The van der Waals surface area contributed by atoms with Crippen LogP contribution < -0.4 is 4.72 Å². The van der Waals surface area contributed by atoms with Gasteiger partial charge in [0.05, 0.1) is 23.0 Å². The van der Waals surface area contributed by atoms with E-state index in [0.717, 1.165) is 11.7 Å². The molecule has 0 fully saturated rings. The second kappa shape index (κ2) is 5.97. The van der Waals surface area contributed by atoms with E-state index >= 15 is 0 Å². The van der Waals surface area contributed by atoms with E-state index in [-0.39, 0.29) is 17.3 Å². The third-order valence-corrected chi connectivity index (χ3v) is 5.07. The van der Waals surface area contributed by atoms with Crippen LogP contribution in [0.2, 0.25) is 0 Å². The van der Waals surface area contributed by atoms with E-state index in [1.54, 1.807) is 6.07 Å². The molecule has 0 bridgehead atoms. The van der Waals surface area contributed by atoms with Gasteiger partial charge in [0.15, 0.2) is 17.5 Å². The molecule has 0 aliphatic heterocycles. The molecule has 7 nitrogen and oxygen atoms in total. The van der Waals surface area contributed by atoms with Crippen molar-refractivity contribution in [3.8, 4) is 0 Å². The molecule has 0 saturated carbocycles. The number of nitrogens with zero attached hydrogens (tertiary/aromatic N) is 2. The fraction of sp³-hybridized carbons (Fsp3) is 0. The Morgan fingerprint density at radius 2 is 1.84 bits per heavy atom. The first kappa shape index (κ1) is 17.1. The summed E-state index contributed by atoms with van der Waals surface area (Å²) in [4.78, 5) is 9.56. The predicted octanol–water partition coefficient (Wildman–Crippen LogP) is 2.61. The molecule has 0 amide bonds. The van der Waals surface area contributed by atoms with Gasteiger partial charge in [-0.1, -0.05) is 6.07 Å². The fourth-order valence-electron chi connectivity index (χ4n) is 2.02. The monoisotopic (exact) mass is 389 g/mol. The molecule has 3 aromatic rings. The number of carbonyl (C=O) groups is 1. The summed E-state index contributed by atoms with van der Waals surface area (Å²) in [6.07, 6.45) is 0. The van der Waals surface area contributed by atoms with Crippen molar-refractivity contribution in [2.75, 3.05) is 4.72 Å². The standard InChI is InChI=1S/C13H6F3N3O4S2/c14-9-5(13(20)21)4-8(10(15)11(9)16)25(22,23)19-7-3-1-2-6-12(7)18-24-17-6/h1-4,19H,(H,20,21). The zero-order valence-corrected chi connectivity index (χ0v) is 13.5. The van der Waals surface area contributed by atoms with E-state index in [9.17, 15) is 26.4 Å². The summed E-state index contributed by atoms with van der Waals surface area (Å²) in [6, 6.07) is 4.51. The highest BCUT2D eigenvalue weighted by atomic mass is 32.2. The molecular weight excluding hydrogens is 383 g/mol. The van der Waals surface area contributed by atoms with Crippen LogP contribution in [0.1, 0.15) is 10.4 Å². The lowest BCUT2D eigenvalue weighted by Crippen LogP contribution is -2.18. The van der Waals surface area contributed by atoms with Crippen molar-refractivity contribution in [1.29, 1.82) is 0 Å². The van der Waals surface area contributed by atoms with Crippen molar-refractivity contribution in [2.45, 2.75) is 4.90 Å². The summed E-state index contributed by atoms with van der Waals surface area (Å²) in [7, 11) is -4.77. The average Bonchev–Trinajstić information content (AvgIpc) is 3.01. The fourth-order valence-corrected chi connectivity index (χ4v) is 3.73. The molecule has 1 aromatic heterocycles. The Labute approximate surface area is 142 Å². The minimum atomic E-state index is -4.77. The van der Waals surface area contributed by atoms with Crippen LogP contribution in [0.4, 0.5) is 18.9 Å². The Morgan fingerprint density at radius 1 is 1.12 bits per heavy atom. The van der Waals surface area contributed by atoms with Gasteiger partial charge in [-0.25, -0.2) is 26.4 Å². The molecule has 0 aliphatic carbocycles.